The summed E-state index contributed by atoms with van der Waals surface area (Å²) in [5.41, 5.74) is -1.94. The summed E-state index contributed by atoms with van der Waals surface area (Å²) < 4.78 is 0. The first-order valence-electron chi connectivity index (χ1n) is 9.64. The Kier molecular flexibility index (Phi) is 3.65. The molecule has 0 aliphatic heterocycles. The second-order valence-electron chi connectivity index (χ2n) is 9.42. The van der Waals surface area contributed by atoms with E-state index in [9.17, 15) is 24.9 Å². The molecule has 26 heavy (non-hydrogen) atoms. The van der Waals surface area contributed by atoms with E-state index in [2.05, 4.69) is 6.92 Å². The summed E-state index contributed by atoms with van der Waals surface area (Å²) in [6.45, 7) is 5.75. The van der Waals surface area contributed by atoms with E-state index in [4.69, 9.17) is 0 Å². The van der Waals surface area contributed by atoms with Crippen molar-refractivity contribution in [3.8, 4) is 0 Å². The zero-order valence-corrected chi connectivity index (χ0v) is 15.6. The van der Waals surface area contributed by atoms with Gasteiger partial charge in [0.15, 0.2) is 11.4 Å². The summed E-state index contributed by atoms with van der Waals surface area (Å²) in [5, 5.41) is 32.1. The average molecular weight is 360 g/mol. The number of carboxylic acids is 1. The van der Waals surface area contributed by atoms with Crippen LogP contribution < -0.4 is 0 Å². The Bertz CT molecular complexity index is 739. The van der Waals surface area contributed by atoms with E-state index in [-0.39, 0.29) is 41.3 Å². The van der Waals surface area contributed by atoms with Crippen LogP contribution in [-0.4, -0.2) is 38.8 Å². The maximum atomic E-state index is 12.0. The Hall–Kier alpha value is -1.46. The summed E-state index contributed by atoms with van der Waals surface area (Å²) in [6, 6.07) is 0. The van der Waals surface area contributed by atoms with E-state index in [1.165, 1.54) is 0 Å². The molecule has 5 unspecified atom stereocenters. The van der Waals surface area contributed by atoms with Gasteiger partial charge in [-0.15, -0.1) is 0 Å². The van der Waals surface area contributed by atoms with Gasteiger partial charge >= 0.3 is 5.97 Å². The molecule has 0 aromatic rings. The van der Waals surface area contributed by atoms with Gasteiger partial charge in [-0.1, -0.05) is 32.4 Å². The minimum atomic E-state index is -1.81. The third-order valence-electron chi connectivity index (χ3n) is 8.40. The molecule has 0 aromatic carbocycles. The Labute approximate surface area is 153 Å². The lowest BCUT2D eigenvalue weighted by Crippen LogP contribution is -2.62. The van der Waals surface area contributed by atoms with Gasteiger partial charge in [0.1, 0.15) is 0 Å². The molecule has 0 radical (unpaired) electrons. The molecule has 8 atom stereocenters. The van der Waals surface area contributed by atoms with Crippen molar-refractivity contribution in [3.05, 3.63) is 23.8 Å². The molecule has 0 aromatic heterocycles. The highest BCUT2D eigenvalue weighted by Gasteiger charge is 2.71. The van der Waals surface area contributed by atoms with Crippen LogP contribution in [0, 0.1) is 34.5 Å². The monoisotopic (exact) mass is 360 g/mol. The van der Waals surface area contributed by atoms with Crippen LogP contribution in [0.25, 0.3) is 0 Å². The smallest absolute Gasteiger partial charge is 0.336 e. The van der Waals surface area contributed by atoms with Crippen molar-refractivity contribution in [2.75, 3.05) is 0 Å². The zero-order chi connectivity index (χ0) is 19.1. The molecular formula is C21H28O5. The zero-order valence-electron chi connectivity index (χ0n) is 15.6. The van der Waals surface area contributed by atoms with Gasteiger partial charge in [-0.2, -0.15) is 0 Å². The van der Waals surface area contributed by atoms with Crippen LogP contribution in [-0.2, 0) is 9.59 Å². The van der Waals surface area contributed by atoms with Gasteiger partial charge in [0, 0.05) is 16.7 Å². The molecule has 0 saturated heterocycles. The summed E-state index contributed by atoms with van der Waals surface area (Å²) in [5.74, 6) is -1.38. The number of rotatable bonds is 1. The maximum absolute atomic E-state index is 12.0. The highest BCUT2D eigenvalue weighted by atomic mass is 16.4. The van der Waals surface area contributed by atoms with Gasteiger partial charge in [-0.3, -0.25) is 4.79 Å². The van der Waals surface area contributed by atoms with E-state index < -0.39 is 23.1 Å². The van der Waals surface area contributed by atoms with Crippen LogP contribution in [0.5, 0.6) is 0 Å². The molecule has 0 bridgehead atoms. The minimum absolute atomic E-state index is 0.000744. The number of aliphatic hydroxyl groups is 2. The van der Waals surface area contributed by atoms with Crippen molar-refractivity contribution < 1.29 is 24.9 Å². The van der Waals surface area contributed by atoms with Crippen LogP contribution in [0.15, 0.2) is 23.8 Å². The Morgan fingerprint density at radius 1 is 1.31 bits per heavy atom. The molecule has 4 aliphatic carbocycles. The molecule has 4 rings (SSSR count). The van der Waals surface area contributed by atoms with Crippen molar-refractivity contribution in [1.82, 2.24) is 0 Å². The van der Waals surface area contributed by atoms with E-state index in [1.807, 2.05) is 19.9 Å². The fourth-order valence-electron chi connectivity index (χ4n) is 7.12. The maximum Gasteiger partial charge on any atom is 0.336 e. The molecule has 3 N–H and O–H groups in total. The van der Waals surface area contributed by atoms with Crippen LogP contribution >= 0.6 is 0 Å². The van der Waals surface area contributed by atoms with Gasteiger partial charge in [-0.25, -0.2) is 4.79 Å². The molecule has 5 heteroatoms. The van der Waals surface area contributed by atoms with Crippen molar-refractivity contribution in [2.24, 2.45) is 34.5 Å². The van der Waals surface area contributed by atoms with Crippen LogP contribution in [0.2, 0.25) is 0 Å². The molecule has 5 nitrogen and oxygen atoms in total. The third kappa shape index (κ3) is 1.93. The Morgan fingerprint density at radius 2 is 2.00 bits per heavy atom. The van der Waals surface area contributed by atoms with Gasteiger partial charge in [0.05, 0.1) is 6.10 Å². The number of aliphatic carboxylic acids is 1. The molecule has 142 valence electrons. The van der Waals surface area contributed by atoms with Crippen LogP contribution in [0.4, 0.5) is 0 Å². The van der Waals surface area contributed by atoms with E-state index in [1.54, 1.807) is 12.2 Å². The lowest BCUT2D eigenvalue weighted by molar-refractivity contribution is -0.197. The van der Waals surface area contributed by atoms with E-state index in [0.717, 1.165) is 18.4 Å². The predicted octanol–water partition coefficient (Wildman–Crippen LogP) is 2.33. The first-order valence-corrected chi connectivity index (χ1v) is 9.64. The molecule has 3 saturated carbocycles. The average Bonchev–Trinajstić information content (AvgIpc) is 2.76. The molecule has 0 spiro atoms. The van der Waals surface area contributed by atoms with Crippen molar-refractivity contribution in [2.45, 2.75) is 58.2 Å². The number of hydrogen-bond acceptors (Lipinski definition) is 4. The van der Waals surface area contributed by atoms with Crippen LogP contribution in [0.1, 0.15) is 46.5 Å². The van der Waals surface area contributed by atoms with Crippen molar-refractivity contribution >= 4 is 11.8 Å². The fourth-order valence-corrected chi connectivity index (χ4v) is 7.12. The Balaban J connectivity index is 1.79. The SMILES string of the molecule is C[C@@H]1CC2C3CCC4=CC(=O)C=CC4(C)C3[C@@H](O)CC2(C)[C@@]1(O)C(=O)O. The second kappa shape index (κ2) is 5.29. The second-order valence-corrected chi connectivity index (χ2v) is 9.42. The van der Waals surface area contributed by atoms with Crippen molar-refractivity contribution in [1.29, 1.82) is 0 Å². The minimum Gasteiger partial charge on any atom is -0.479 e. The topological polar surface area (TPSA) is 94.8 Å². The number of carboxylic acid groups (broad SMARTS) is 1. The highest BCUT2D eigenvalue weighted by Crippen LogP contribution is 2.68. The number of hydrogen-bond donors (Lipinski definition) is 3. The first kappa shape index (κ1) is 17.9. The fraction of sp³-hybridized carbons (Fsp3) is 0.714. The molecular weight excluding hydrogens is 332 g/mol. The number of fused-ring (bicyclic) bond motifs is 5. The molecule has 0 amide bonds. The van der Waals surface area contributed by atoms with Gasteiger partial charge < -0.3 is 15.3 Å². The van der Waals surface area contributed by atoms with Crippen LogP contribution in [0.3, 0.4) is 0 Å². The van der Waals surface area contributed by atoms with Gasteiger partial charge in [0.25, 0.3) is 0 Å². The third-order valence-corrected chi connectivity index (χ3v) is 8.40. The summed E-state index contributed by atoms with van der Waals surface area (Å²) >= 11 is 0. The lowest BCUT2D eigenvalue weighted by atomic mass is 9.46. The Morgan fingerprint density at radius 3 is 2.65 bits per heavy atom. The highest BCUT2D eigenvalue weighted by molar-refractivity contribution is 6.01. The van der Waals surface area contributed by atoms with Gasteiger partial charge in [0.2, 0.25) is 0 Å². The van der Waals surface area contributed by atoms with Crippen molar-refractivity contribution in [3.63, 3.8) is 0 Å². The lowest BCUT2D eigenvalue weighted by Gasteiger charge is -2.59. The summed E-state index contributed by atoms with van der Waals surface area (Å²) in [6.07, 6.45) is 7.08. The number of carbonyl (C=O) groups excluding carboxylic acids is 1. The molecule has 0 heterocycles. The largest absolute Gasteiger partial charge is 0.479 e. The van der Waals surface area contributed by atoms with Gasteiger partial charge in [-0.05, 0) is 55.6 Å². The van der Waals surface area contributed by atoms with E-state index in [0.29, 0.717) is 6.42 Å². The number of aliphatic hydroxyl groups excluding tert-OH is 1. The molecule has 4 aliphatic rings. The quantitative estimate of drug-likeness (QED) is 0.667. The summed E-state index contributed by atoms with van der Waals surface area (Å²) in [7, 11) is 0. The number of carbonyl (C=O) groups is 2. The van der Waals surface area contributed by atoms with E-state index >= 15 is 0 Å². The predicted molar refractivity (Wildman–Crippen MR) is 95.1 cm³/mol. The normalized spacial score (nSPS) is 52.7. The standard InChI is InChI=1S/C21H28O5/c1-11-8-15-14-5-4-12-9-13(22)6-7-19(12,2)17(14)16(23)10-20(15,3)21(11,26)18(24)25/h6-7,9,11,14-17,23,26H,4-5,8,10H2,1-3H3,(H,24,25)/t11-,14?,15?,16+,17?,19?,20?,21+/m1/s1. The number of ketones is 1. The molecule has 3 fully saturated rings. The summed E-state index contributed by atoms with van der Waals surface area (Å²) in [4.78, 5) is 23.8. The first-order chi connectivity index (χ1) is 12.1. The number of allylic oxidation sites excluding steroid dienone is 4.